The summed E-state index contributed by atoms with van der Waals surface area (Å²) in [6, 6.07) is 5.73. The van der Waals surface area contributed by atoms with Crippen LogP contribution in [0.5, 0.6) is 0 Å². The predicted octanol–water partition coefficient (Wildman–Crippen LogP) is 4.15. The Morgan fingerprint density at radius 1 is 1.32 bits per heavy atom. The molecule has 0 aliphatic carbocycles. The molecule has 0 radical (unpaired) electrons. The first-order valence-electron chi connectivity index (χ1n) is 8.25. The van der Waals surface area contributed by atoms with Crippen molar-refractivity contribution in [2.45, 2.75) is 24.3 Å². The Morgan fingerprint density at radius 3 is 2.88 bits per heavy atom. The van der Waals surface area contributed by atoms with Gasteiger partial charge in [-0.1, -0.05) is 6.08 Å². The summed E-state index contributed by atoms with van der Waals surface area (Å²) in [5.41, 5.74) is 2.80. The number of likely N-dealkylation sites (N-methyl/N-ethyl adjacent to an activating group) is 1. The molecule has 0 N–H and O–H groups in total. The smallest absolute Gasteiger partial charge is 0.162 e. The lowest BCUT2D eigenvalue weighted by Gasteiger charge is -2.22. The number of Topliss-reactive ketones (excluding diaryl/α,β-unsaturated/α-hetero) is 1. The molecule has 0 amide bonds. The first-order valence-corrected chi connectivity index (χ1v) is 9.97. The lowest BCUT2D eigenvalue weighted by atomic mass is 10.1. The van der Waals surface area contributed by atoms with Gasteiger partial charge in [0.25, 0.3) is 0 Å². The fourth-order valence-electron chi connectivity index (χ4n) is 2.72. The van der Waals surface area contributed by atoms with Crippen LogP contribution >= 0.6 is 23.5 Å². The third-order valence-corrected chi connectivity index (χ3v) is 5.75. The van der Waals surface area contributed by atoms with Crippen LogP contribution in [0.4, 0.5) is 4.39 Å². The summed E-state index contributed by atoms with van der Waals surface area (Å²) in [5.74, 6) is 0.543. The third-order valence-electron chi connectivity index (χ3n) is 4.06. The maximum absolute atomic E-state index is 12.9. The van der Waals surface area contributed by atoms with Gasteiger partial charge in [0.1, 0.15) is 16.5 Å². The quantitative estimate of drug-likeness (QED) is 0.412. The molecule has 0 saturated carbocycles. The number of rotatable bonds is 7. The molecule has 0 atom stereocenters. The number of hydrogen-bond acceptors (Lipinski definition) is 6. The summed E-state index contributed by atoms with van der Waals surface area (Å²) in [6.45, 7) is 1.98. The molecule has 1 aromatic heterocycles. The molecule has 0 fully saturated rings. The number of benzene rings is 1. The minimum Gasteiger partial charge on any atom is -0.302 e. The number of ketones is 1. The predicted molar refractivity (Wildman–Crippen MR) is 101 cm³/mol. The van der Waals surface area contributed by atoms with E-state index in [1.165, 1.54) is 29.4 Å². The summed E-state index contributed by atoms with van der Waals surface area (Å²) in [5, 5.41) is 0.959. The average molecular weight is 378 g/mol. The van der Waals surface area contributed by atoms with Gasteiger partial charge in [0.05, 0.1) is 11.7 Å². The van der Waals surface area contributed by atoms with Gasteiger partial charge < -0.3 is 4.90 Å². The van der Waals surface area contributed by atoms with Crippen molar-refractivity contribution in [2.75, 3.05) is 25.9 Å². The Bertz CT molecular complexity index is 758. The van der Waals surface area contributed by atoms with E-state index >= 15 is 0 Å². The van der Waals surface area contributed by atoms with E-state index in [9.17, 15) is 9.18 Å². The van der Waals surface area contributed by atoms with Crippen molar-refractivity contribution in [1.29, 1.82) is 0 Å². The van der Waals surface area contributed by atoms with Crippen LogP contribution in [-0.4, -0.2) is 45.3 Å². The van der Waals surface area contributed by atoms with E-state index < -0.39 is 0 Å². The van der Waals surface area contributed by atoms with E-state index in [2.05, 4.69) is 26.8 Å². The Hall–Kier alpha value is -1.57. The molecule has 1 aliphatic rings. The van der Waals surface area contributed by atoms with Crippen LogP contribution < -0.4 is 0 Å². The molecule has 0 bridgehead atoms. The van der Waals surface area contributed by atoms with Gasteiger partial charge >= 0.3 is 0 Å². The highest BCUT2D eigenvalue weighted by molar-refractivity contribution is 7.99. The largest absolute Gasteiger partial charge is 0.302 e. The maximum atomic E-state index is 12.9. The van der Waals surface area contributed by atoms with Crippen molar-refractivity contribution in [2.24, 2.45) is 0 Å². The van der Waals surface area contributed by atoms with Gasteiger partial charge in [-0.3, -0.25) is 4.79 Å². The molecular weight excluding hydrogens is 357 g/mol. The lowest BCUT2D eigenvalue weighted by molar-refractivity contribution is 0.0982. The number of aromatic nitrogens is 2. The molecule has 0 spiro atoms. The fraction of sp³-hybridized carbons (Fsp3) is 0.389. The maximum Gasteiger partial charge on any atom is 0.162 e. The van der Waals surface area contributed by atoms with Crippen molar-refractivity contribution in [3.63, 3.8) is 0 Å². The monoisotopic (exact) mass is 377 g/mol. The summed E-state index contributed by atoms with van der Waals surface area (Å²) in [6.07, 6.45) is 4.51. The summed E-state index contributed by atoms with van der Waals surface area (Å²) in [4.78, 5) is 14.4. The zero-order valence-corrected chi connectivity index (χ0v) is 15.7. The van der Waals surface area contributed by atoms with Crippen LogP contribution in [0.15, 0.2) is 35.4 Å². The Labute approximate surface area is 155 Å². The molecule has 4 nitrogen and oxygen atoms in total. The van der Waals surface area contributed by atoms with E-state index in [1.54, 1.807) is 23.9 Å². The molecule has 1 aromatic carbocycles. The molecule has 132 valence electrons. The molecule has 1 aliphatic heterocycles. The van der Waals surface area contributed by atoms with E-state index in [1.807, 2.05) is 0 Å². The van der Waals surface area contributed by atoms with Gasteiger partial charge in [0, 0.05) is 30.8 Å². The minimum absolute atomic E-state index is 0.0499. The van der Waals surface area contributed by atoms with Gasteiger partial charge in [-0.15, -0.1) is 11.8 Å². The fourth-order valence-corrected chi connectivity index (χ4v) is 4.37. The Kier molecular flexibility index (Phi) is 6.34. The Morgan fingerprint density at radius 2 is 2.12 bits per heavy atom. The highest BCUT2D eigenvalue weighted by Crippen LogP contribution is 2.29. The standard InChI is InChI=1S/C18H20FN3OS2/c1-22-10-2-4-14(12-22)17-18(21-25-20-17)24-11-3-5-16(23)13-6-8-15(19)9-7-13/h4,6-9H,2-3,5,10-12H2,1H3. The first-order chi connectivity index (χ1) is 12.1. The zero-order valence-electron chi connectivity index (χ0n) is 14.1. The topological polar surface area (TPSA) is 46.1 Å². The van der Waals surface area contributed by atoms with E-state index in [0.29, 0.717) is 12.0 Å². The molecule has 3 rings (SSSR count). The van der Waals surface area contributed by atoms with E-state index in [0.717, 1.165) is 42.4 Å². The van der Waals surface area contributed by atoms with Crippen LogP contribution in [0.2, 0.25) is 0 Å². The minimum atomic E-state index is -0.321. The number of nitrogens with zero attached hydrogens (tertiary/aromatic N) is 3. The molecule has 0 unspecified atom stereocenters. The zero-order chi connectivity index (χ0) is 17.6. The molecule has 2 aromatic rings. The summed E-state index contributed by atoms with van der Waals surface area (Å²) >= 11 is 2.89. The second-order valence-electron chi connectivity index (χ2n) is 6.06. The lowest BCUT2D eigenvalue weighted by Crippen LogP contribution is -2.25. The van der Waals surface area contributed by atoms with E-state index in [-0.39, 0.29) is 11.6 Å². The normalized spacial score (nSPS) is 15.2. The highest BCUT2D eigenvalue weighted by atomic mass is 32.2. The van der Waals surface area contributed by atoms with Crippen LogP contribution in [0.25, 0.3) is 5.57 Å². The van der Waals surface area contributed by atoms with Crippen molar-refractivity contribution >= 4 is 34.8 Å². The van der Waals surface area contributed by atoms with Crippen molar-refractivity contribution in [3.05, 3.63) is 47.4 Å². The SMILES string of the molecule is CN1CCC=C(c2nsnc2SCCCC(=O)c2ccc(F)cc2)C1. The van der Waals surface area contributed by atoms with Crippen LogP contribution in [0, 0.1) is 5.82 Å². The first kappa shape index (κ1) is 18.2. The van der Waals surface area contributed by atoms with Crippen molar-refractivity contribution in [1.82, 2.24) is 13.6 Å². The molecule has 2 heterocycles. The van der Waals surface area contributed by atoms with Gasteiger partial charge in [0.2, 0.25) is 0 Å². The molecule has 25 heavy (non-hydrogen) atoms. The van der Waals surface area contributed by atoms with Crippen LogP contribution in [0.1, 0.15) is 35.3 Å². The summed E-state index contributed by atoms with van der Waals surface area (Å²) < 4.78 is 21.8. The van der Waals surface area contributed by atoms with Crippen LogP contribution in [0.3, 0.4) is 0 Å². The van der Waals surface area contributed by atoms with Crippen molar-refractivity contribution in [3.8, 4) is 0 Å². The van der Waals surface area contributed by atoms with Crippen LogP contribution in [-0.2, 0) is 0 Å². The van der Waals surface area contributed by atoms with E-state index in [4.69, 9.17) is 0 Å². The number of carbonyl (C=O) groups is 1. The molecule has 0 saturated heterocycles. The third kappa shape index (κ3) is 4.96. The second kappa shape index (κ2) is 8.69. The number of halogens is 1. The average Bonchev–Trinajstić information content (AvgIpc) is 3.07. The van der Waals surface area contributed by atoms with Gasteiger partial charge in [-0.2, -0.15) is 8.75 Å². The number of thioether (sulfide) groups is 1. The Balaban J connectivity index is 1.50. The highest BCUT2D eigenvalue weighted by Gasteiger charge is 2.17. The van der Waals surface area contributed by atoms with Gasteiger partial charge in [-0.25, -0.2) is 4.39 Å². The summed E-state index contributed by atoms with van der Waals surface area (Å²) in [7, 11) is 2.11. The molecule has 7 heteroatoms. The molecular formula is C18H20FN3OS2. The number of hydrogen-bond donors (Lipinski definition) is 0. The van der Waals surface area contributed by atoms with Gasteiger partial charge in [0.15, 0.2) is 5.78 Å². The van der Waals surface area contributed by atoms with Crippen molar-refractivity contribution < 1.29 is 9.18 Å². The van der Waals surface area contributed by atoms with Gasteiger partial charge in [-0.05, 0) is 49.7 Å². The second-order valence-corrected chi connectivity index (χ2v) is 7.67. The number of carbonyl (C=O) groups excluding carboxylic acids is 1.